The third kappa shape index (κ3) is 783. The molecule has 0 aromatic rings. The van der Waals surface area contributed by atoms with Crippen LogP contribution in [0.4, 0.5) is 0 Å². The van der Waals surface area contributed by atoms with E-state index in [1.807, 2.05) is 6.92 Å². The smallest absolute Gasteiger partial charge is 0.344 e. The summed E-state index contributed by atoms with van der Waals surface area (Å²) in [5.74, 6) is 0. The van der Waals surface area contributed by atoms with Crippen molar-refractivity contribution in [1.82, 2.24) is 0 Å². The first-order valence-corrected chi connectivity index (χ1v) is 3.55. The van der Waals surface area contributed by atoms with Crippen molar-refractivity contribution < 1.29 is 38.1 Å². The van der Waals surface area contributed by atoms with E-state index in [4.69, 9.17) is 19.2 Å². The predicted octanol–water partition coefficient (Wildman–Crippen LogP) is -2.69. The molecular formula is C3H10LiO4P. The van der Waals surface area contributed by atoms with E-state index < -0.39 is 7.82 Å². The van der Waals surface area contributed by atoms with Gasteiger partial charge in [0.1, 0.15) is 0 Å². The molecule has 3 N–H and O–H groups in total. The van der Waals surface area contributed by atoms with E-state index in [0.717, 1.165) is 6.42 Å². The average molecular weight is 148 g/mol. The van der Waals surface area contributed by atoms with Gasteiger partial charge in [-0.2, -0.15) is 6.42 Å². The van der Waals surface area contributed by atoms with Crippen molar-refractivity contribution in [3.8, 4) is 0 Å². The van der Waals surface area contributed by atoms with E-state index in [-0.39, 0.29) is 18.9 Å². The molecule has 0 bridgehead atoms. The standard InChI is InChI=1S/C3H7.Li.H3O4P/c1-3-2;;1-5(2,3)4/h1,3H2,2H3;;(H3,1,2,3,4)/q-1;+1;. The fourth-order valence-corrected chi connectivity index (χ4v) is 0. The monoisotopic (exact) mass is 148 g/mol. The maximum atomic E-state index is 8.88. The van der Waals surface area contributed by atoms with Gasteiger partial charge in [0.15, 0.2) is 0 Å². The minimum atomic E-state index is -4.64. The summed E-state index contributed by atoms with van der Waals surface area (Å²) in [7, 11) is -4.64. The molecule has 0 aromatic carbocycles. The zero-order valence-corrected chi connectivity index (χ0v) is 6.51. The van der Waals surface area contributed by atoms with Gasteiger partial charge >= 0.3 is 26.7 Å². The van der Waals surface area contributed by atoms with E-state index in [0.29, 0.717) is 0 Å². The average Bonchev–Trinajstić information content (AvgIpc) is 1.27. The van der Waals surface area contributed by atoms with Crippen LogP contribution in [-0.4, -0.2) is 14.7 Å². The van der Waals surface area contributed by atoms with Crippen molar-refractivity contribution in [2.75, 3.05) is 0 Å². The summed E-state index contributed by atoms with van der Waals surface area (Å²) in [4.78, 5) is 21.6. The minimum Gasteiger partial charge on any atom is -0.344 e. The topological polar surface area (TPSA) is 77.8 Å². The first-order valence-electron chi connectivity index (χ1n) is 1.99. The van der Waals surface area contributed by atoms with Crippen LogP contribution < -0.4 is 18.9 Å². The second-order valence-electron chi connectivity index (χ2n) is 1.01. The Morgan fingerprint density at radius 1 is 1.44 bits per heavy atom. The molecule has 0 aliphatic rings. The summed E-state index contributed by atoms with van der Waals surface area (Å²) < 4.78 is 8.88. The van der Waals surface area contributed by atoms with Gasteiger partial charge in [0, 0.05) is 0 Å². The predicted molar refractivity (Wildman–Crippen MR) is 29.9 cm³/mol. The van der Waals surface area contributed by atoms with Gasteiger partial charge in [-0.25, -0.2) is 4.57 Å². The van der Waals surface area contributed by atoms with Crippen molar-refractivity contribution in [3.05, 3.63) is 6.92 Å². The Labute approximate surface area is 66.7 Å². The summed E-state index contributed by atoms with van der Waals surface area (Å²) in [6.07, 6.45) is 1.00. The van der Waals surface area contributed by atoms with Gasteiger partial charge in [-0.3, -0.25) is 0 Å². The molecule has 0 amide bonds. The third-order valence-corrected chi connectivity index (χ3v) is 0. The first-order chi connectivity index (χ1) is 3.41. The SMILES string of the molecule is O=P(O)(O)O.[CH2-]CC.[Li+]. The van der Waals surface area contributed by atoms with Crippen LogP contribution in [0.1, 0.15) is 13.3 Å². The summed E-state index contributed by atoms with van der Waals surface area (Å²) in [6, 6.07) is 0. The molecule has 52 valence electrons. The molecule has 0 heterocycles. The largest absolute Gasteiger partial charge is 1.00 e. The number of phosphoric acid groups is 1. The van der Waals surface area contributed by atoms with E-state index >= 15 is 0 Å². The normalized spacial score (nSPS) is 8.56. The van der Waals surface area contributed by atoms with Crippen LogP contribution in [-0.2, 0) is 4.57 Å². The van der Waals surface area contributed by atoms with Crippen LogP contribution in [0.15, 0.2) is 0 Å². The molecule has 0 rings (SSSR count). The fraction of sp³-hybridized carbons (Fsp3) is 0.667. The molecule has 4 nitrogen and oxygen atoms in total. The van der Waals surface area contributed by atoms with Crippen LogP contribution in [0.25, 0.3) is 0 Å². The summed E-state index contributed by atoms with van der Waals surface area (Å²) >= 11 is 0. The van der Waals surface area contributed by atoms with Gasteiger partial charge in [0.25, 0.3) is 0 Å². The Balaban J connectivity index is -0.0000000800. The molecule has 0 atom stereocenters. The van der Waals surface area contributed by atoms with Crippen LogP contribution in [0.3, 0.4) is 0 Å². The van der Waals surface area contributed by atoms with E-state index in [2.05, 4.69) is 6.92 Å². The first kappa shape index (κ1) is 16.4. The van der Waals surface area contributed by atoms with Gasteiger partial charge in [-0.15, -0.1) is 0 Å². The van der Waals surface area contributed by atoms with Crippen LogP contribution in [0.5, 0.6) is 0 Å². The van der Waals surface area contributed by atoms with Gasteiger partial charge in [0.05, 0.1) is 0 Å². The molecular weight excluding hydrogens is 138 g/mol. The molecule has 0 aliphatic carbocycles. The summed E-state index contributed by atoms with van der Waals surface area (Å²) in [5, 5.41) is 0. The molecule has 6 heteroatoms. The number of hydrogen-bond acceptors (Lipinski definition) is 1. The fourth-order valence-electron chi connectivity index (χ4n) is 0. The van der Waals surface area contributed by atoms with Crippen molar-refractivity contribution in [2.45, 2.75) is 13.3 Å². The molecule has 9 heavy (non-hydrogen) atoms. The maximum absolute atomic E-state index is 8.88. The van der Waals surface area contributed by atoms with Gasteiger partial charge < -0.3 is 21.6 Å². The van der Waals surface area contributed by atoms with Crippen LogP contribution in [0, 0.1) is 6.92 Å². The molecule has 0 fully saturated rings. The Morgan fingerprint density at radius 2 is 1.44 bits per heavy atom. The van der Waals surface area contributed by atoms with E-state index in [1.54, 1.807) is 0 Å². The van der Waals surface area contributed by atoms with Crippen molar-refractivity contribution in [3.63, 3.8) is 0 Å². The second-order valence-corrected chi connectivity index (χ2v) is 2.04. The molecule has 0 unspecified atom stereocenters. The van der Waals surface area contributed by atoms with Crippen LogP contribution >= 0.6 is 7.82 Å². The van der Waals surface area contributed by atoms with Crippen molar-refractivity contribution >= 4 is 7.82 Å². The zero-order chi connectivity index (χ0) is 7.21. The van der Waals surface area contributed by atoms with E-state index in [1.165, 1.54) is 0 Å². The second kappa shape index (κ2) is 8.71. The molecule has 0 saturated heterocycles. The zero-order valence-electron chi connectivity index (χ0n) is 5.61. The van der Waals surface area contributed by atoms with Crippen molar-refractivity contribution in [2.24, 2.45) is 0 Å². The number of rotatable bonds is 0. The number of hydrogen-bond donors (Lipinski definition) is 3. The Morgan fingerprint density at radius 3 is 1.44 bits per heavy atom. The molecule has 0 aliphatic heterocycles. The third-order valence-electron chi connectivity index (χ3n) is 0. The van der Waals surface area contributed by atoms with Crippen molar-refractivity contribution in [1.29, 1.82) is 0 Å². The molecule has 0 radical (unpaired) electrons. The van der Waals surface area contributed by atoms with E-state index in [9.17, 15) is 0 Å². The Hall–Kier alpha value is 0.707. The molecule has 0 saturated carbocycles. The summed E-state index contributed by atoms with van der Waals surface area (Å²) in [6.45, 7) is 5.50. The maximum Gasteiger partial charge on any atom is 1.00 e. The van der Waals surface area contributed by atoms with Gasteiger partial charge in [-0.1, -0.05) is 6.92 Å². The Bertz CT molecular complexity index is 71.6. The Kier molecular flexibility index (Phi) is 15.8. The molecule has 0 spiro atoms. The quantitative estimate of drug-likeness (QED) is 0.198. The minimum absolute atomic E-state index is 0. The van der Waals surface area contributed by atoms with Gasteiger partial charge in [0.2, 0.25) is 0 Å². The van der Waals surface area contributed by atoms with Gasteiger partial charge in [-0.05, 0) is 0 Å². The molecule has 0 aromatic heterocycles. The summed E-state index contributed by atoms with van der Waals surface area (Å²) in [5.41, 5.74) is 0. The van der Waals surface area contributed by atoms with Crippen LogP contribution in [0.2, 0.25) is 0 Å².